The largest absolute Gasteiger partial charge is 0.360 e. The molecule has 4 nitrogen and oxygen atoms in total. The van der Waals surface area contributed by atoms with Crippen LogP contribution in [0.4, 0.5) is 0 Å². The summed E-state index contributed by atoms with van der Waals surface area (Å²) in [5.41, 5.74) is 6.29. The van der Waals surface area contributed by atoms with E-state index in [4.69, 9.17) is 0 Å². The number of carbonyl (C=O) groups excluding carboxylic acids is 1. The number of hydrogen-bond acceptors (Lipinski definition) is 3. The first kappa shape index (κ1) is 19.6. The molecule has 0 radical (unpaired) electrons. The van der Waals surface area contributed by atoms with Crippen molar-refractivity contribution in [2.24, 2.45) is 5.92 Å². The van der Waals surface area contributed by atoms with E-state index >= 15 is 0 Å². The molecular weight excluding hydrogens is 370 g/mol. The minimum atomic E-state index is 0.0656. The van der Waals surface area contributed by atoms with Crippen LogP contribution in [0.25, 0.3) is 0 Å². The number of fused-ring (bicyclic) bond motifs is 2. The third-order valence-electron chi connectivity index (χ3n) is 7.23. The number of carbonyl (C=O) groups is 1. The smallest absolute Gasteiger partial charge is 0.247 e. The van der Waals surface area contributed by atoms with Gasteiger partial charge in [0.1, 0.15) is 0 Å². The zero-order valence-corrected chi connectivity index (χ0v) is 17.8. The van der Waals surface area contributed by atoms with Crippen molar-refractivity contribution in [3.63, 3.8) is 0 Å². The second-order valence-corrected chi connectivity index (χ2v) is 9.25. The van der Waals surface area contributed by atoms with E-state index in [1.165, 1.54) is 56.3 Å². The van der Waals surface area contributed by atoms with Crippen LogP contribution in [0.2, 0.25) is 0 Å². The number of benzene rings is 1. The molecule has 0 aromatic heterocycles. The highest BCUT2D eigenvalue weighted by atomic mass is 16.1. The maximum absolute atomic E-state index is 12.8. The zero-order valence-electron chi connectivity index (χ0n) is 17.8. The molecule has 1 fully saturated rings. The van der Waals surface area contributed by atoms with Crippen molar-refractivity contribution >= 4 is 5.91 Å². The molecule has 1 saturated carbocycles. The quantitative estimate of drug-likeness (QED) is 0.680. The van der Waals surface area contributed by atoms with Crippen molar-refractivity contribution in [1.29, 1.82) is 0 Å². The summed E-state index contributed by atoms with van der Waals surface area (Å²) in [6.45, 7) is 0.581. The van der Waals surface area contributed by atoms with Gasteiger partial charge in [0.2, 0.25) is 5.91 Å². The van der Waals surface area contributed by atoms with Gasteiger partial charge in [-0.25, -0.2) is 0 Å². The van der Waals surface area contributed by atoms with Crippen molar-refractivity contribution in [2.75, 3.05) is 0 Å². The van der Waals surface area contributed by atoms with Crippen molar-refractivity contribution in [1.82, 2.24) is 16.0 Å². The molecule has 4 heteroatoms. The summed E-state index contributed by atoms with van der Waals surface area (Å²) in [5, 5.41) is 10.8. The molecular formula is C26H33N3O. The Morgan fingerprint density at radius 2 is 1.83 bits per heavy atom. The summed E-state index contributed by atoms with van der Waals surface area (Å²) in [6.07, 6.45) is 15.4. The zero-order chi connectivity index (χ0) is 20.3. The molecule has 2 unspecified atom stereocenters. The fourth-order valence-electron chi connectivity index (χ4n) is 5.61. The lowest BCUT2D eigenvalue weighted by Gasteiger charge is -2.32. The van der Waals surface area contributed by atoms with Gasteiger partial charge in [-0.3, -0.25) is 4.79 Å². The molecule has 5 rings (SSSR count). The molecule has 4 aliphatic rings. The van der Waals surface area contributed by atoms with Crippen LogP contribution >= 0.6 is 0 Å². The minimum absolute atomic E-state index is 0.0656. The van der Waals surface area contributed by atoms with E-state index in [1.54, 1.807) is 5.57 Å². The molecule has 2 atom stereocenters. The Bertz CT molecular complexity index is 877. The summed E-state index contributed by atoms with van der Waals surface area (Å²) < 4.78 is 0. The van der Waals surface area contributed by atoms with Gasteiger partial charge in [0, 0.05) is 41.5 Å². The van der Waals surface area contributed by atoms with Crippen molar-refractivity contribution < 1.29 is 4.79 Å². The number of nitrogens with one attached hydrogen (secondary N) is 3. The first-order chi connectivity index (χ1) is 14.8. The lowest BCUT2D eigenvalue weighted by atomic mass is 9.81. The van der Waals surface area contributed by atoms with Gasteiger partial charge in [0.15, 0.2) is 0 Å². The topological polar surface area (TPSA) is 53.2 Å². The Morgan fingerprint density at radius 1 is 1.00 bits per heavy atom. The van der Waals surface area contributed by atoms with Gasteiger partial charge in [0.25, 0.3) is 0 Å². The monoisotopic (exact) mass is 403 g/mol. The molecule has 1 aliphatic heterocycles. The molecule has 1 aromatic rings. The third-order valence-corrected chi connectivity index (χ3v) is 7.23. The maximum Gasteiger partial charge on any atom is 0.247 e. The predicted molar refractivity (Wildman–Crippen MR) is 120 cm³/mol. The maximum atomic E-state index is 12.8. The van der Waals surface area contributed by atoms with E-state index in [9.17, 15) is 4.79 Å². The van der Waals surface area contributed by atoms with Crippen LogP contribution in [0.5, 0.6) is 0 Å². The lowest BCUT2D eigenvalue weighted by Crippen LogP contribution is -2.43. The molecule has 0 saturated heterocycles. The van der Waals surface area contributed by atoms with E-state index in [-0.39, 0.29) is 5.91 Å². The van der Waals surface area contributed by atoms with Crippen LogP contribution in [-0.4, -0.2) is 18.0 Å². The third kappa shape index (κ3) is 4.11. The summed E-state index contributed by atoms with van der Waals surface area (Å²) in [5.74, 6) is 0.425. The standard InChI is InChI=1S/C26H33N3O/c30-26(27-17-18-8-3-1-4-9-18)19-14-15-23-22(16-19)21-12-7-13-24(25(21)29-23)28-20-10-5-2-6-11-20/h1,3-4,8-9,14-15,20,22,24,28-29H,2,5-7,10-13,16-17H2,(H,27,30). The van der Waals surface area contributed by atoms with Crippen molar-refractivity contribution in [2.45, 2.75) is 76.4 Å². The summed E-state index contributed by atoms with van der Waals surface area (Å²) in [6, 6.07) is 11.2. The van der Waals surface area contributed by atoms with Crippen molar-refractivity contribution in [3.05, 3.63) is 70.6 Å². The summed E-state index contributed by atoms with van der Waals surface area (Å²) in [4.78, 5) is 12.8. The molecule has 3 N–H and O–H groups in total. The van der Waals surface area contributed by atoms with Crippen LogP contribution < -0.4 is 16.0 Å². The van der Waals surface area contributed by atoms with Gasteiger partial charge in [-0.05, 0) is 55.7 Å². The minimum Gasteiger partial charge on any atom is -0.360 e. The molecule has 30 heavy (non-hydrogen) atoms. The van der Waals surface area contributed by atoms with Gasteiger partial charge < -0.3 is 16.0 Å². The molecule has 1 heterocycles. The van der Waals surface area contributed by atoms with Gasteiger partial charge >= 0.3 is 0 Å². The van der Waals surface area contributed by atoms with E-state index in [0.29, 0.717) is 24.5 Å². The van der Waals surface area contributed by atoms with Crippen molar-refractivity contribution in [3.8, 4) is 0 Å². The van der Waals surface area contributed by atoms with E-state index in [2.05, 4.69) is 22.0 Å². The van der Waals surface area contributed by atoms with Gasteiger partial charge in [-0.2, -0.15) is 0 Å². The fourth-order valence-corrected chi connectivity index (χ4v) is 5.61. The van der Waals surface area contributed by atoms with E-state index in [0.717, 1.165) is 24.0 Å². The van der Waals surface area contributed by atoms with Crippen LogP contribution in [0.15, 0.2) is 65.0 Å². The molecule has 0 bridgehead atoms. The van der Waals surface area contributed by atoms with Crippen LogP contribution in [0.1, 0.15) is 63.4 Å². The molecule has 3 aliphatic carbocycles. The second-order valence-electron chi connectivity index (χ2n) is 9.25. The van der Waals surface area contributed by atoms with E-state index < -0.39 is 0 Å². The molecule has 158 valence electrons. The second kappa shape index (κ2) is 8.81. The summed E-state index contributed by atoms with van der Waals surface area (Å²) >= 11 is 0. The summed E-state index contributed by atoms with van der Waals surface area (Å²) in [7, 11) is 0. The molecule has 0 spiro atoms. The van der Waals surface area contributed by atoms with Gasteiger partial charge in [-0.15, -0.1) is 0 Å². The first-order valence-corrected chi connectivity index (χ1v) is 11.8. The average Bonchev–Trinajstić information content (AvgIpc) is 3.18. The Labute approximate surface area is 179 Å². The normalized spacial score (nSPS) is 26.3. The number of amides is 1. The van der Waals surface area contributed by atoms with Crippen LogP contribution in [-0.2, 0) is 11.3 Å². The fraction of sp³-hybridized carbons (Fsp3) is 0.500. The highest BCUT2D eigenvalue weighted by Gasteiger charge is 2.38. The Balaban J connectivity index is 1.24. The van der Waals surface area contributed by atoms with Gasteiger partial charge in [-0.1, -0.05) is 55.7 Å². The number of rotatable bonds is 5. The number of hydrogen-bond donors (Lipinski definition) is 3. The highest BCUT2D eigenvalue weighted by Crippen LogP contribution is 2.43. The van der Waals surface area contributed by atoms with Crippen LogP contribution in [0.3, 0.4) is 0 Å². The first-order valence-electron chi connectivity index (χ1n) is 11.8. The lowest BCUT2D eigenvalue weighted by molar-refractivity contribution is -0.117. The predicted octanol–water partition coefficient (Wildman–Crippen LogP) is 4.47. The Kier molecular flexibility index (Phi) is 5.76. The van der Waals surface area contributed by atoms with Gasteiger partial charge in [0.05, 0.1) is 0 Å². The average molecular weight is 404 g/mol. The Hall–Kier alpha value is -2.33. The number of allylic oxidation sites excluding steroid dienone is 3. The van der Waals surface area contributed by atoms with E-state index in [1.807, 2.05) is 36.4 Å². The molecule has 1 amide bonds. The Morgan fingerprint density at radius 3 is 2.67 bits per heavy atom. The molecule has 1 aromatic carbocycles. The highest BCUT2D eigenvalue weighted by molar-refractivity contribution is 5.94. The van der Waals surface area contributed by atoms with Crippen LogP contribution in [0, 0.1) is 5.92 Å². The SMILES string of the molecule is O=C(NCc1ccccc1)C1=CC=C2NC3=C(CCCC3NC3CCCCC3)C2C1.